The Hall–Kier alpha value is -2.49. The monoisotopic (exact) mass is 378 g/mol. The molecule has 0 fully saturated rings. The van der Waals surface area contributed by atoms with E-state index in [2.05, 4.69) is 19.7 Å². The Balaban J connectivity index is -0.000000136. The molecule has 0 unspecified atom stereocenters. The van der Waals surface area contributed by atoms with E-state index in [1.165, 1.54) is 0 Å². The van der Waals surface area contributed by atoms with E-state index in [9.17, 15) is 14.4 Å². The van der Waals surface area contributed by atoms with E-state index in [-0.39, 0.29) is 19.8 Å². The number of hydrogen-bond donors (Lipinski definition) is 6. The maximum absolute atomic E-state index is 9.25. The summed E-state index contributed by atoms with van der Waals surface area (Å²) in [5.74, 6) is -2.94. The van der Waals surface area contributed by atoms with Gasteiger partial charge in [-0.3, -0.25) is 0 Å². The van der Waals surface area contributed by atoms with Crippen molar-refractivity contribution in [2.75, 3.05) is 19.8 Å². The molecule has 0 aromatic rings. The molecule has 9 nitrogen and oxygen atoms in total. The Morgan fingerprint density at radius 2 is 1.00 bits per heavy atom. The Morgan fingerprint density at radius 3 is 1.12 bits per heavy atom. The van der Waals surface area contributed by atoms with Gasteiger partial charge in [-0.1, -0.05) is 39.5 Å². The molecule has 0 rings (SSSR count). The standard InChI is InChI=1S/C8H18O3.3C3H4O2/c1-2-3-4-8(5-9,6-10)7-11;3*1-2-3(4)5/h9-11H,2-7H2,1H3;3*2H,1H2,(H,4,5). The fourth-order valence-corrected chi connectivity index (χ4v) is 0.939. The van der Waals surface area contributed by atoms with Crippen molar-refractivity contribution < 1.29 is 45.0 Å². The predicted octanol–water partition coefficient (Wildman–Crippen LogP) is 0.911. The molecule has 6 N–H and O–H groups in total. The number of unbranched alkanes of at least 4 members (excludes halogenated alkanes) is 1. The lowest BCUT2D eigenvalue weighted by Crippen LogP contribution is -2.33. The molecule has 0 aliphatic rings. The molecule has 0 bridgehead atoms. The van der Waals surface area contributed by atoms with Crippen molar-refractivity contribution in [1.29, 1.82) is 0 Å². The molecule has 0 aliphatic carbocycles. The maximum atomic E-state index is 9.25. The van der Waals surface area contributed by atoms with Crippen LogP contribution in [0.3, 0.4) is 0 Å². The minimum absolute atomic E-state index is 0.139. The topological polar surface area (TPSA) is 173 Å². The minimum atomic E-state index is -0.981. The molecule has 26 heavy (non-hydrogen) atoms. The van der Waals surface area contributed by atoms with Crippen molar-refractivity contribution in [1.82, 2.24) is 0 Å². The molecule has 0 saturated carbocycles. The lowest BCUT2D eigenvalue weighted by atomic mass is 9.85. The largest absolute Gasteiger partial charge is 0.478 e. The summed E-state index contributed by atoms with van der Waals surface area (Å²) < 4.78 is 0. The second-order valence-electron chi connectivity index (χ2n) is 4.70. The summed E-state index contributed by atoms with van der Waals surface area (Å²) in [6.45, 7) is 10.5. The molecular formula is C17H30O9. The van der Waals surface area contributed by atoms with Crippen LogP contribution in [0.1, 0.15) is 26.2 Å². The van der Waals surface area contributed by atoms with Crippen LogP contribution < -0.4 is 0 Å². The lowest BCUT2D eigenvalue weighted by molar-refractivity contribution is -0.132. The molecule has 0 saturated heterocycles. The van der Waals surface area contributed by atoms with Gasteiger partial charge in [-0.25, -0.2) is 14.4 Å². The minimum Gasteiger partial charge on any atom is -0.478 e. The van der Waals surface area contributed by atoms with E-state index in [0.29, 0.717) is 6.42 Å². The smallest absolute Gasteiger partial charge is 0.327 e. The van der Waals surface area contributed by atoms with Gasteiger partial charge in [0.05, 0.1) is 19.8 Å². The van der Waals surface area contributed by atoms with Crippen molar-refractivity contribution in [3.05, 3.63) is 38.0 Å². The van der Waals surface area contributed by atoms with E-state index in [1.54, 1.807) is 0 Å². The van der Waals surface area contributed by atoms with Gasteiger partial charge in [0.2, 0.25) is 0 Å². The molecular weight excluding hydrogens is 348 g/mol. The number of aliphatic carboxylic acids is 3. The van der Waals surface area contributed by atoms with Gasteiger partial charge >= 0.3 is 17.9 Å². The van der Waals surface area contributed by atoms with Crippen LogP contribution in [0.5, 0.6) is 0 Å². The molecule has 0 aromatic heterocycles. The molecule has 9 heteroatoms. The van der Waals surface area contributed by atoms with Crippen LogP contribution in [-0.4, -0.2) is 68.4 Å². The number of carboxylic acid groups (broad SMARTS) is 3. The van der Waals surface area contributed by atoms with Gasteiger partial charge in [0.15, 0.2) is 0 Å². The van der Waals surface area contributed by atoms with Gasteiger partial charge in [0.1, 0.15) is 0 Å². The zero-order chi connectivity index (χ0) is 21.6. The number of carboxylic acids is 3. The predicted molar refractivity (Wildman–Crippen MR) is 96.7 cm³/mol. The van der Waals surface area contributed by atoms with E-state index in [1.807, 2.05) is 6.92 Å². The second kappa shape index (κ2) is 22.5. The summed E-state index contributed by atoms with van der Waals surface area (Å²) in [6.07, 6.45) is 5.14. The fourth-order valence-electron chi connectivity index (χ4n) is 0.939. The highest BCUT2D eigenvalue weighted by Gasteiger charge is 2.26. The molecule has 0 aromatic carbocycles. The van der Waals surface area contributed by atoms with E-state index < -0.39 is 23.3 Å². The zero-order valence-electron chi connectivity index (χ0n) is 15.0. The van der Waals surface area contributed by atoms with Crippen LogP contribution >= 0.6 is 0 Å². The van der Waals surface area contributed by atoms with E-state index >= 15 is 0 Å². The molecule has 0 aliphatic heterocycles. The maximum Gasteiger partial charge on any atom is 0.327 e. The zero-order valence-corrected chi connectivity index (χ0v) is 15.0. The molecule has 0 atom stereocenters. The second-order valence-corrected chi connectivity index (χ2v) is 4.70. The lowest BCUT2D eigenvalue weighted by Gasteiger charge is -2.26. The normalized spacial score (nSPS) is 8.77. The number of aliphatic hydroxyl groups is 3. The SMILES string of the molecule is C=CC(=O)O.C=CC(=O)O.C=CC(=O)O.CCCCC(CO)(CO)CO. The van der Waals surface area contributed by atoms with Crippen molar-refractivity contribution in [2.24, 2.45) is 5.41 Å². The fraction of sp³-hybridized carbons (Fsp3) is 0.471. The number of hydrogen-bond acceptors (Lipinski definition) is 6. The number of aliphatic hydroxyl groups excluding tert-OH is 3. The van der Waals surface area contributed by atoms with Gasteiger partial charge in [-0.2, -0.15) is 0 Å². The molecule has 0 spiro atoms. The first-order chi connectivity index (χ1) is 12.1. The van der Waals surface area contributed by atoms with Crippen LogP contribution in [-0.2, 0) is 14.4 Å². The average Bonchev–Trinajstić information content (AvgIpc) is 2.64. The van der Waals surface area contributed by atoms with Crippen molar-refractivity contribution in [3.8, 4) is 0 Å². The highest BCUT2D eigenvalue weighted by Crippen LogP contribution is 2.22. The Kier molecular flexibility index (Phi) is 27.1. The van der Waals surface area contributed by atoms with Gasteiger partial charge < -0.3 is 30.6 Å². The van der Waals surface area contributed by atoms with Crippen LogP contribution in [0.4, 0.5) is 0 Å². The third-order valence-electron chi connectivity index (χ3n) is 2.59. The summed E-state index contributed by atoms with van der Waals surface area (Å²) in [5, 5.41) is 49.5. The summed E-state index contributed by atoms with van der Waals surface area (Å²) in [5.41, 5.74) is -0.657. The Bertz CT molecular complexity index is 361. The number of rotatable bonds is 9. The summed E-state index contributed by atoms with van der Waals surface area (Å²) >= 11 is 0. The average molecular weight is 378 g/mol. The van der Waals surface area contributed by atoms with E-state index in [0.717, 1.165) is 31.1 Å². The Morgan fingerprint density at radius 1 is 0.769 bits per heavy atom. The van der Waals surface area contributed by atoms with Crippen LogP contribution in [0.2, 0.25) is 0 Å². The molecule has 0 radical (unpaired) electrons. The van der Waals surface area contributed by atoms with Crippen LogP contribution in [0.15, 0.2) is 38.0 Å². The van der Waals surface area contributed by atoms with Crippen LogP contribution in [0, 0.1) is 5.41 Å². The highest BCUT2D eigenvalue weighted by atomic mass is 16.4. The van der Waals surface area contributed by atoms with E-state index in [4.69, 9.17) is 30.6 Å². The molecule has 152 valence electrons. The first-order valence-corrected chi connectivity index (χ1v) is 7.44. The highest BCUT2D eigenvalue weighted by molar-refractivity contribution is 5.79. The quantitative estimate of drug-likeness (QED) is 0.319. The third kappa shape index (κ3) is 29.5. The molecule has 0 amide bonds. The molecule has 0 heterocycles. The van der Waals surface area contributed by atoms with Gasteiger partial charge in [-0.15, -0.1) is 0 Å². The third-order valence-corrected chi connectivity index (χ3v) is 2.59. The van der Waals surface area contributed by atoms with Gasteiger partial charge in [0, 0.05) is 23.6 Å². The summed E-state index contributed by atoms with van der Waals surface area (Å²) in [7, 11) is 0. The summed E-state index contributed by atoms with van der Waals surface area (Å²) in [4.78, 5) is 27.8. The first kappa shape index (κ1) is 31.3. The van der Waals surface area contributed by atoms with Crippen molar-refractivity contribution in [3.63, 3.8) is 0 Å². The Labute approximate surface area is 153 Å². The number of carbonyl (C=O) groups is 3. The van der Waals surface area contributed by atoms with Gasteiger partial charge in [0.25, 0.3) is 0 Å². The van der Waals surface area contributed by atoms with Crippen molar-refractivity contribution >= 4 is 17.9 Å². The van der Waals surface area contributed by atoms with Crippen molar-refractivity contribution in [2.45, 2.75) is 26.2 Å². The van der Waals surface area contributed by atoms with Crippen LogP contribution in [0.25, 0.3) is 0 Å². The first-order valence-electron chi connectivity index (χ1n) is 7.44. The van der Waals surface area contributed by atoms with Gasteiger partial charge in [-0.05, 0) is 6.42 Å². The summed E-state index contributed by atoms with van der Waals surface area (Å²) in [6, 6.07) is 0.